The van der Waals surface area contributed by atoms with Crippen LogP contribution in [0, 0.1) is 6.92 Å². The zero-order chi connectivity index (χ0) is 25.7. The molecule has 3 aromatic rings. The SMILES string of the molecule is COc1ccc(N(CC(=O)NCc2cccc(N3CCCC3=O)c2)S(=O)(=O)c2ccc(C)cc2)cc1. The number of aryl methyl sites for hydroxylation is 1. The van der Waals surface area contributed by atoms with Gasteiger partial charge >= 0.3 is 0 Å². The highest BCUT2D eigenvalue weighted by Gasteiger charge is 2.27. The summed E-state index contributed by atoms with van der Waals surface area (Å²) in [5, 5.41) is 2.81. The van der Waals surface area contributed by atoms with Gasteiger partial charge in [0.1, 0.15) is 12.3 Å². The minimum absolute atomic E-state index is 0.0904. The monoisotopic (exact) mass is 507 g/mol. The molecule has 9 heteroatoms. The number of sulfonamides is 1. The predicted octanol–water partition coefficient (Wildman–Crippen LogP) is 3.64. The Balaban J connectivity index is 1.52. The molecule has 0 saturated carbocycles. The quantitative estimate of drug-likeness (QED) is 0.477. The molecule has 0 aliphatic carbocycles. The van der Waals surface area contributed by atoms with E-state index in [1.165, 1.54) is 19.2 Å². The van der Waals surface area contributed by atoms with Gasteiger partial charge in [0.25, 0.3) is 10.0 Å². The Kier molecular flexibility index (Phi) is 7.59. The third-order valence-corrected chi connectivity index (χ3v) is 7.83. The van der Waals surface area contributed by atoms with Crippen LogP contribution in [0.25, 0.3) is 0 Å². The minimum atomic E-state index is -4.00. The van der Waals surface area contributed by atoms with Crippen molar-refractivity contribution in [1.82, 2.24) is 5.32 Å². The Morgan fingerprint density at radius 3 is 2.42 bits per heavy atom. The molecule has 1 N–H and O–H groups in total. The number of hydrogen-bond donors (Lipinski definition) is 1. The van der Waals surface area contributed by atoms with Crippen LogP contribution in [-0.2, 0) is 26.2 Å². The van der Waals surface area contributed by atoms with Crippen LogP contribution in [0.1, 0.15) is 24.0 Å². The number of carbonyl (C=O) groups is 2. The summed E-state index contributed by atoms with van der Waals surface area (Å²) >= 11 is 0. The maximum atomic E-state index is 13.5. The summed E-state index contributed by atoms with van der Waals surface area (Å²) in [4.78, 5) is 26.8. The van der Waals surface area contributed by atoms with E-state index in [0.717, 1.165) is 27.5 Å². The second-order valence-electron chi connectivity index (χ2n) is 8.62. The van der Waals surface area contributed by atoms with Gasteiger partial charge in [-0.25, -0.2) is 8.42 Å². The van der Waals surface area contributed by atoms with Crippen molar-refractivity contribution in [3.05, 3.63) is 83.9 Å². The Labute approximate surface area is 211 Å². The summed E-state index contributed by atoms with van der Waals surface area (Å²) in [6, 6.07) is 20.4. The van der Waals surface area contributed by atoms with E-state index >= 15 is 0 Å². The van der Waals surface area contributed by atoms with Crippen LogP contribution < -0.4 is 19.3 Å². The molecule has 0 bridgehead atoms. The van der Waals surface area contributed by atoms with Gasteiger partial charge in [-0.1, -0.05) is 29.8 Å². The lowest BCUT2D eigenvalue weighted by Crippen LogP contribution is -2.40. The highest BCUT2D eigenvalue weighted by atomic mass is 32.2. The second-order valence-corrected chi connectivity index (χ2v) is 10.5. The van der Waals surface area contributed by atoms with Crippen molar-refractivity contribution in [2.24, 2.45) is 0 Å². The van der Waals surface area contributed by atoms with Gasteiger partial charge in [-0.3, -0.25) is 13.9 Å². The van der Waals surface area contributed by atoms with Gasteiger partial charge in [-0.05, 0) is 67.4 Å². The molecular formula is C27H29N3O5S. The fourth-order valence-corrected chi connectivity index (χ4v) is 5.46. The summed E-state index contributed by atoms with van der Waals surface area (Å²) in [6.07, 6.45) is 1.37. The van der Waals surface area contributed by atoms with Crippen LogP contribution in [-0.4, -0.2) is 40.4 Å². The van der Waals surface area contributed by atoms with Gasteiger partial charge in [-0.2, -0.15) is 0 Å². The van der Waals surface area contributed by atoms with Crippen molar-refractivity contribution >= 4 is 33.2 Å². The Bertz CT molecular complexity index is 1340. The van der Waals surface area contributed by atoms with E-state index in [9.17, 15) is 18.0 Å². The molecule has 0 atom stereocenters. The molecule has 1 aliphatic heterocycles. The van der Waals surface area contributed by atoms with Gasteiger partial charge in [-0.15, -0.1) is 0 Å². The van der Waals surface area contributed by atoms with Gasteiger partial charge in [0, 0.05) is 25.2 Å². The lowest BCUT2D eigenvalue weighted by molar-refractivity contribution is -0.120. The van der Waals surface area contributed by atoms with E-state index in [4.69, 9.17) is 4.74 Å². The summed E-state index contributed by atoms with van der Waals surface area (Å²) in [6.45, 7) is 2.37. The van der Waals surface area contributed by atoms with E-state index in [-0.39, 0.29) is 17.3 Å². The Hall–Kier alpha value is -3.85. The van der Waals surface area contributed by atoms with Crippen molar-refractivity contribution in [2.45, 2.75) is 31.2 Å². The number of benzene rings is 3. The number of nitrogens with one attached hydrogen (secondary N) is 1. The number of ether oxygens (including phenoxy) is 1. The number of rotatable bonds is 9. The fraction of sp³-hybridized carbons (Fsp3) is 0.259. The number of methoxy groups -OCH3 is 1. The molecule has 0 unspecified atom stereocenters. The number of carbonyl (C=O) groups excluding carboxylic acids is 2. The zero-order valence-corrected chi connectivity index (χ0v) is 21.1. The highest BCUT2D eigenvalue weighted by molar-refractivity contribution is 7.92. The third-order valence-electron chi connectivity index (χ3n) is 6.04. The Morgan fingerprint density at radius 2 is 1.78 bits per heavy atom. The first kappa shape index (κ1) is 25.2. The molecule has 1 saturated heterocycles. The second kappa shape index (κ2) is 10.8. The van der Waals surface area contributed by atoms with Crippen LogP contribution in [0.2, 0.25) is 0 Å². The summed E-state index contributed by atoms with van der Waals surface area (Å²) < 4.78 is 33.3. The molecule has 3 aromatic carbocycles. The van der Waals surface area contributed by atoms with Gasteiger partial charge in [0.2, 0.25) is 11.8 Å². The lowest BCUT2D eigenvalue weighted by atomic mass is 10.2. The molecule has 8 nitrogen and oxygen atoms in total. The van der Waals surface area contributed by atoms with Gasteiger partial charge in [0.05, 0.1) is 17.7 Å². The largest absolute Gasteiger partial charge is 0.497 e. The number of amides is 2. The van der Waals surface area contributed by atoms with Crippen molar-refractivity contribution < 1.29 is 22.7 Å². The lowest BCUT2D eigenvalue weighted by Gasteiger charge is -2.24. The smallest absolute Gasteiger partial charge is 0.264 e. The molecule has 36 heavy (non-hydrogen) atoms. The summed E-state index contributed by atoms with van der Waals surface area (Å²) in [5.41, 5.74) is 2.89. The van der Waals surface area contributed by atoms with Crippen molar-refractivity contribution in [3.63, 3.8) is 0 Å². The fourth-order valence-electron chi connectivity index (χ4n) is 4.04. The predicted molar refractivity (Wildman–Crippen MR) is 139 cm³/mol. The van der Waals surface area contributed by atoms with Crippen LogP contribution in [0.4, 0.5) is 11.4 Å². The molecule has 0 radical (unpaired) electrons. The molecule has 1 aliphatic rings. The van der Waals surface area contributed by atoms with E-state index < -0.39 is 22.5 Å². The first-order valence-electron chi connectivity index (χ1n) is 11.7. The minimum Gasteiger partial charge on any atom is -0.497 e. The van der Waals surface area contributed by atoms with Crippen LogP contribution in [0.3, 0.4) is 0 Å². The molecule has 1 fully saturated rings. The van der Waals surface area contributed by atoms with E-state index in [1.54, 1.807) is 41.3 Å². The maximum Gasteiger partial charge on any atom is 0.264 e. The maximum absolute atomic E-state index is 13.5. The van der Waals surface area contributed by atoms with Crippen molar-refractivity contribution in [1.29, 1.82) is 0 Å². The molecule has 2 amide bonds. The standard InChI is InChI=1S/C27H29N3O5S/c1-20-8-14-25(15-9-20)36(33,34)30(22-10-12-24(35-2)13-11-22)19-26(31)28-18-21-5-3-6-23(17-21)29-16-4-7-27(29)32/h3,5-6,8-15,17H,4,7,16,18-19H2,1-2H3,(H,28,31). The summed E-state index contributed by atoms with van der Waals surface area (Å²) in [5.74, 6) is 0.212. The summed E-state index contributed by atoms with van der Waals surface area (Å²) in [7, 11) is -2.48. The van der Waals surface area contributed by atoms with Crippen LogP contribution in [0.15, 0.2) is 77.7 Å². The average Bonchev–Trinajstić information content (AvgIpc) is 3.32. The number of anilines is 2. The van der Waals surface area contributed by atoms with Crippen LogP contribution in [0.5, 0.6) is 5.75 Å². The number of nitrogens with zero attached hydrogens (tertiary/aromatic N) is 2. The molecule has 4 rings (SSSR count). The third kappa shape index (κ3) is 5.68. The van der Waals surface area contributed by atoms with E-state index in [2.05, 4.69) is 5.32 Å². The molecule has 0 spiro atoms. The van der Waals surface area contributed by atoms with E-state index in [1.807, 2.05) is 31.2 Å². The van der Waals surface area contributed by atoms with Crippen molar-refractivity contribution in [2.75, 3.05) is 29.4 Å². The zero-order valence-electron chi connectivity index (χ0n) is 20.3. The average molecular weight is 508 g/mol. The van der Waals surface area contributed by atoms with Crippen LogP contribution >= 0.6 is 0 Å². The van der Waals surface area contributed by atoms with Crippen molar-refractivity contribution in [3.8, 4) is 5.75 Å². The number of hydrogen-bond acceptors (Lipinski definition) is 5. The normalized spacial score (nSPS) is 13.5. The molecule has 1 heterocycles. The molecule has 0 aromatic heterocycles. The first-order chi connectivity index (χ1) is 17.3. The first-order valence-corrected chi connectivity index (χ1v) is 13.1. The highest BCUT2D eigenvalue weighted by Crippen LogP contribution is 2.26. The van der Waals surface area contributed by atoms with Gasteiger partial charge < -0.3 is 15.0 Å². The van der Waals surface area contributed by atoms with E-state index in [0.29, 0.717) is 24.4 Å². The molecular weight excluding hydrogens is 478 g/mol. The topological polar surface area (TPSA) is 96.0 Å². The van der Waals surface area contributed by atoms with Gasteiger partial charge in [0.15, 0.2) is 0 Å². The molecule has 188 valence electrons. The Morgan fingerprint density at radius 1 is 1.06 bits per heavy atom.